The summed E-state index contributed by atoms with van der Waals surface area (Å²) < 4.78 is 23.2. The molecule has 0 unspecified atom stereocenters. The molecule has 2 aromatic carbocycles. The Labute approximate surface area is 160 Å². The third kappa shape index (κ3) is 5.40. The average Bonchev–Trinajstić information content (AvgIpc) is 2.64. The van der Waals surface area contributed by atoms with Crippen LogP contribution < -0.4 is 5.32 Å². The van der Waals surface area contributed by atoms with E-state index in [-0.39, 0.29) is 34.9 Å². The van der Waals surface area contributed by atoms with Crippen molar-refractivity contribution in [3.63, 3.8) is 0 Å². The molecule has 0 saturated carbocycles. The molecule has 0 radical (unpaired) electrons. The first-order valence-electron chi connectivity index (χ1n) is 8.54. The number of nitrogens with zero attached hydrogens (tertiary/aromatic N) is 1. The lowest BCUT2D eigenvalue weighted by atomic mass is 10.1. The predicted molar refractivity (Wildman–Crippen MR) is 104 cm³/mol. The van der Waals surface area contributed by atoms with Gasteiger partial charge in [0.15, 0.2) is 9.84 Å². The van der Waals surface area contributed by atoms with Gasteiger partial charge in [-0.3, -0.25) is 9.59 Å². The lowest BCUT2D eigenvalue weighted by molar-refractivity contribution is 0.0754. The smallest absolute Gasteiger partial charge is 0.253 e. The highest BCUT2D eigenvalue weighted by molar-refractivity contribution is 7.90. The summed E-state index contributed by atoms with van der Waals surface area (Å²) in [5, 5.41) is 2.75. The van der Waals surface area contributed by atoms with Crippen molar-refractivity contribution < 1.29 is 18.0 Å². The monoisotopic (exact) mass is 388 g/mol. The fourth-order valence-corrected chi connectivity index (χ4v) is 3.02. The van der Waals surface area contributed by atoms with E-state index in [9.17, 15) is 18.0 Å². The number of carbonyl (C=O) groups is 2. The quantitative estimate of drug-likeness (QED) is 0.824. The zero-order valence-corrected chi connectivity index (χ0v) is 16.7. The highest BCUT2D eigenvalue weighted by Crippen LogP contribution is 2.12. The van der Waals surface area contributed by atoms with Gasteiger partial charge in [-0.1, -0.05) is 18.2 Å². The molecule has 2 aromatic rings. The van der Waals surface area contributed by atoms with E-state index in [1.54, 1.807) is 42.3 Å². The molecule has 0 fully saturated rings. The van der Waals surface area contributed by atoms with Gasteiger partial charge >= 0.3 is 0 Å². The maximum Gasteiger partial charge on any atom is 0.253 e. The van der Waals surface area contributed by atoms with Crippen LogP contribution in [0.25, 0.3) is 0 Å². The molecule has 0 atom stereocenters. The second-order valence-electron chi connectivity index (χ2n) is 6.69. The number of amides is 2. The molecular formula is C20H24N2O4S. The van der Waals surface area contributed by atoms with Crippen molar-refractivity contribution in [2.75, 3.05) is 13.3 Å². The van der Waals surface area contributed by atoms with E-state index in [4.69, 9.17) is 0 Å². The molecule has 27 heavy (non-hydrogen) atoms. The molecule has 144 valence electrons. The Morgan fingerprint density at radius 2 is 1.67 bits per heavy atom. The molecule has 7 heteroatoms. The predicted octanol–water partition coefficient (Wildman–Crippen LogP) is 2.50. The van der Waals surface area contributed by atoms with Crippen molar-refractivity contribution in [3.05, 3.63) is 65.2 Å². The summed E-state index contributed by atoms with van der Waals surface area (Å²) in [6, 6.07) is 13.1. The maximum absolute atomic E-state index is 12.3. The van der Waals surface area contributed by atoms with E-state index in [1.165, 1.54) is 18.2 Å². The van der Waals surface area contributed by atoms with Crippen LogP contribution in [0.2, 0.25) is 0 Å². The Bertz CT molecular complexity index is 935. The van der Waals surface area contributed by atoms with Crippen molar-refractivity contribution in [1.82, 2.24) is 10.2 Å². The van der Waals surface area contributed by atoms with E-state index in [0.29, 0.717) is 5.56 Å². The number of rotatable bonds is 6. The van der Waals surface area contributed by atoms with Gasteiger partial charge < -0.3 is 10.2 Å². The molecule has 0 aliphatic carbocycles. The molecule has 0 heterocycles. The fourth-order valence-electron chi connectivity index (χ4n) is 2.36. The molecule has 2 amide bonds. The van der Waals surface area contributed by atoms with E-state index in [2.05, 4.69) is 5.32 Å². The Morgan fingerprint density at radius 3 is 2.22 bits per heavy atom. The third-order valence-electron chi connectivity index (χ3n) is 4.27. The van der Waals surface area contributed by atoms with Gasteiger partial charge in [-0.25, -0.2) is 8.42 Å². The molecule has 0 bridgehead atoms. The molecular weight excluding hydrogens is 364 g/mol. The van der Waals surface area contributed by atoms with Crippen LogP contribution in [0, 0.1) is 0 Å². The number of hydrogen-bond acceptors (Lipinski definition) is 4. The standard InChI is InChI=1S/C20H24N2O4S/c1-14(2)22(3)20(24)16-10-8-15(9-11-16)13-21-19(23)17-6-5-7-18(12-17)27(4,25)26/h5-12,14H,13H2,1-4H3,(H,21,23). The van der Waals surface area contributed by atoms with E-state index in [0.717, 1.165) is 11.8 Å². The van der Waals surface area contributed by atoms with Crippen molar-refractivity contribution in [2.24, 2.45) is 0 Å². The summed E-state index contributed by atoms with van der Waals surface area (Å²) in [5.74, 6) is -0.418. The van der Waals surface area contributed by atoms with Crippen LogP contribution >= 0.6 is 0 Å². The highest BCUT2D eigenvalue weighted by atomic mass is 32.2. The van der Waals surface area contributed by atoms with Gasteiger partial charge in [-0.05, 0) is 49.7 Å². The second kappa shape index (κ2) is 8.35. The lowest BCUT2D eigenvalue weighted by Gasteiger charge is -2.21. The van der Waals surface area contributed by atoms with Crippen LogP contribution in [0.5, 0.6) is 0 Å². The Balaban J connectivity index is 2.03. The SMILES string of the molecule is CC(C)N(C)C(=O)c1ccc(CNC(=O)c2cccc(S(C)(=O)=O)c2)cc1. The average molecular weight is 388 g/mol. The summed E-state index contributed by atoms with van der Waals surface area (Å²) in [5.41, 5.74) is 1.71. The Morgan fingerprint density at radius 1 is 1.04 bits per heavy atom. The minimum absolute atomic E-state index is 0.0572. The molecule has 0 saturated heterocycles. The van der Waals surface area contributed by atoms with Crippen LogP contribution in [0.1, 0.15) is 40.1 Å². The number of carbonyl (C=O) groups excluding carboxylic acids is 2. The third-order valence-corrected chi connectivity index (χ3v) is 5.38. The van der Waals surface area contributed by atoms with Crippen LogP contribution in [0.3, 0.4) is 0 Å². The molecule has 0 spiro atoms. The number of benzene rings is 2. The van der Waals surface area contributed by atoms with Crippen LogP contribution in [-0.4, -0.2) is 44.5 Å². The van der Waals surface area contributed by atoms with Gasteiger partial charge in [-0.2, -0.15) is 0 Å². The van der Waals surface area contributed by atoms with Crippen LogP contribution in [0.4, 0.5) is 0 Å². The van der Waals surface area contributed by atoms with Crippen molar-refractivity contribution >= 4 is 21.7 Å². The topological polar surface area (TPSA) is 83.6 Å². The van der Waals surface area contributed by atoms with Gasteiger partial charge in [0.1, 0.15) is 0 Å². The fraction of sp³-hybridized carbons (Fsp3) is 0.300. The van der Waals surface area contributed by atoms with Gasteiger partial charge in [0.2, 0.25) is 0 Å². The molecule has 1 N–H and O–H groups in total. The maximum atomic E-state index is 12.3. The molecule has 6 nitrogen and oxygen atoms in total. The zero-order chi connectivity index (χ0) is 20.2. The minimum Gasteiger partial charge on any atom is -0.348 e. The summed E-state index contributed by atoms with van der Waals surface area (Å²) in [7, 11) is -1.61. The first kappa shape index (κ1) is 20.6. The van der Waals surface area contributed by atoms with Crippen LogP contribution in [0.15, 0.2) is 53.4 Å². The molecule has 0 aliphatic heterocycles. The number of sulfone groups is 1. The number of nitrogens with one attached hydrogen (secondary N) is 1. The summed E-state index contributed by atoms with van der Waals surface area (Å²) in [4.78, 5) is 26.3. The normalized spacial score (nSPS) is 11.3. The number of hydrogen-bond donors (Lipinski definition) is 1. The van der Waals surface area contributed by atoms with Gasteiger partial charge in [-0.15, -0.1) is 0 Å². The Hall–Kier alpha value is -2.67. The van der Waals surface area contributed by atoms with E-state index >= 15 is 0 Å². The van der Waals surface area contributed by atoms with E-state index < -0.39 is 9.84 Å². The van der Waals surface area contributed by atoms with Gasteiger partial charge in [0.25, 0.3) is 11.8 Å². The van der Waals surface area contributed by atoms with Crippen molar-refractivity contribution in [2.45, 2.75) is 31.3 Å². The second-order valence-corrected chi connectivity index (χ2v) is 8.71. The highest BCUT2D eigenvalue weighted by Gasteiger charge is 2.14. The Kier molecular flexibility index (Phi) is 6.38. The summed E-state index contributed by atoms with van der Waals surface area (Å²) in [6.07, 6.45) is 1.10. The largest absolute Gasteiger partial charge is 0.348 e. The minimum atomic E-state index is -3.37. The van der Waals surface area contributed by atoms with Crippen molar-refractivity contribution in [3.8, 4) is 0 Å². The van der Waals surface area contributed by atoms with Gasteiger partial charge in [0, 0.05) is 37.0 Å². The van der Waals surface area contributed by atoms with Gasteiger partial charge in [0.05, 0.1) is 4.90 Å². The van der Waals surface area contributed by atoms with Crippen LogP contribution in [-0.2, 0) is 16.4 Å². The zero-order valence-electron chi connectivity index (χ0n) is 15.9. The molecule has 0 aliphatic rings. The van der Waals surface area contributed by atoms with Crippen molar-refractivity contribution in [1.29, 1.82) is 0 Å². The molecule has 0 aromatic heterocycles. The molecule has 2 rings (SSSR count). The first-order chi connectivity index (χ1) is 12.6. The first-order valence-corrected chi connectivity index (χ1v) is 10.4. The van der Waals surface area contributed by atoms with E-state index in [1.807, 2.05) is 13.8 Å². The summed E-state index contributed by atoms with van der Waals surface area (Å²) >= 11 is 0. The lowest BCUT2D eigenvalue weighted by Crippen LogP contribution is -2.32. The summed E-state index contributed by atoms with van der Waals surface area (Å²) in [6.45, 7) is 4.16.